The maximum absolute atomic E-state index is 11.2. The third kappa shape index (κ3) is 2.17. The second kappa shape index (κ2) is 5.39. The summed E-state index contributed by atoms with van der Waals surface area (Å²) in [6.45, 7) is 3.34. The molecule has 2 aromatic rings. The van der Waals surface area contributed by atoms with Crippen LogP contribution in [0.25, 0.3) is 5.69 Å². The van der Waals surface area contributed by atoms with E-state index in [2.05, 4.69) is 11.2 Å². The highest BCUT2D eigenvalue weighted by Gasteiger charge is 2.20. The largest absolute Gasteiger partial charge is 0.478 e. The summed E-state index contributed by atoms with van der Waals surface area (Å²) in [6, 6.07) is 7.63. The van der Waals surface area contributed by atoms with Crippen molar-refractivity contribution in [1.82, 2.24) is 9.78 Å². The van der Waals surface area contributed by atoms with Crippen molar-refractivity contribution in [3.05, 3.63) is 40.7 Å². The van der Waals surface area contributed by atoms with Crippen molar-refractivity contribution < 1.29 is 9.90 Å². The first-order valence-corrected chi connectivity index (χ1v) is 7.10. The molecule has 102 valence electrons. The Morgan fingerprint density at radius 2 is 2.15 bits per heavy atom. The van der Waals surface area contributed by atoms with Crippen molar-refractivity contribution in [2.24, 2.45) is 0 Å². The molecule has 5 nitrogen and oxygen atoms in total. The van der Waals surface area contributed by atoms with Gasteiger partial charge in [-0.2, -0.15) is 10.4 Å². The van der Waals surface area contributed by atoms with E-state index in [-0.39, 0.29) is 5.56 Å². The molecule has 0 spiro atoms. The van der Waals surface area contributed by atoms with Crippen LogP contribution in [0.15, 0.2) is 23.1 Å². The fourth-order valence-corrected chi connectivity index (χ4v) is 2.73. The van der Waals surface area contributed by atoms with E-state index in [1.54, 1.807) is 19.9 Å². The Morgan fingerprint density at radius 3 is 2.65 bits per heavy atom. The molecule has 0 radical (unpaired) electrons. The fourth-order valence-electron chi connectivity index (χ4n) is 2.17. The van der Waals surface area contributed by atoms with Crippen molar-refractivity contribution in [3.63, 3.8) is 0 Å². The molecular weight excluding hydrogens is 274 g/mol. The SMILES string of the molecule is CSc1cccc(-n2nc(C)c(C(=O)O)c2C)c1C#N. The van der Waals surface area contributed by atoms with Crippen LogP contribution in [0.3, 0.4) is 0 Å². The number of aromatic nitrogens is 2. The number of hydrogen-bond acceptors (Lipinski definition) is 4. The lowest BCUT2D eigenvalue weighted by Crippen LogP contribution is -2.04. The molecule has 1 heterocycles. The molecule has 0 bridgehead atoms. The number of nitriles is 1. The normalized spacial score (nSPS) is 10.3. The lowest BCUT2D eigenvalue weighted by molar-refractivity contribution is 0.0695. The molecule has 0 amide bonds. The van der Waals surface area contributed by atoms with Gasteiger partial charge in [-0.25, -0.2) is 9.48 Å². The zero-order valence-electron chi connectivity index (χ0n) is 11.3. The lowest BCUT2D eigenvalue weighted by atomic mass is 10.1. The molecule has 1 N–H and O–H groups in total. The zero-order valence-corrected chi connectivity index (χ0v) is 12.2. The van der Waals surface area contributed by atoms with Crippen LogP contribution < -0.4 is 0 Å². The Balaban J connectivity index is 2.74. The number of rotatable bonds is 3. The smallest absolute Gasteiger partial charge is 0.339 e. The highest BCUT2D eigenvalue weighted by Crippen LogP contribution is 2.27. The van der Waals surface area contributed by atoms with Crippen LogP contribution in [0.2, 0.25) is 0 Å². The molecule has 6 heteroatoms. The third-order valence-electron chi connectivity index (χ3n) is 3.07. The number of carboxylic acid groups (broad SMARTS) is 1. The van der Waals surface area contributed by atoms with Crippen LogP contribution in [-0.4, -0.2) is 27.1 Å². The Morgan fingerprint density at radius 1 is 1.45 bits per heavy atom. The summed E-state index contributed by atoms with van der Waals surface area (Å²) in [5.41, 5.74) is 2.25. The summed E-state index contributed by atoms with van der Waals surface area (Å²) in [4.78, 5) is 12.1. The van der Waals surface area contributed by atoms with Gasteiger partial charge in [0.2, 0.25) is 0 Å². The lowest BCUT2D eigenvalue weighted by Gasteiger charge is -2.09. The van der Waals surface area contributed by atoms with Gasteiger partial charge in [-0.15, -0.1) is 11.8 Å². The third-order valence-corrected chi connectivity index (χ3v) is 3.85. The Bertz CT molecular complexity index is 729. The maximum Gasteiger partial charge on any atom is 0.339 e. The number of carboxylic acids is 1. The van der Waals surface area contributed by atoms with Crippen molar-refractivity contribution in [2.75, 3.05) is 6.26 Å². The van der Waals surface area contributed by atoms with Gasteiger partial charge < -0.3 is 5.11 Å². The average Bonchev–Trinajstić information content (AvgIpc) is 2.72. The quantitative estimate of drug-likeness (QED) is 0.878. The first-order valence-electron chi connectivity index (χ1n) is 5.88. The first kappa shape index (κ1) is 14.2. The topological polar surface area (TPSA) is 78.9 Å². The van der Waals surface area contributed by atoms with E-state index >= 15 is 0 Å². The minimum atomic E-state index is -1.01. The van der Waals surface area contributed by atoms with E-state index in [0.717, 1.165) is 4.90 Å². The molecule has 1 aromatic carbocycles. The highest BCUT2D eigenvalue weighted by molar-refractivity contribution is 7.98. The molecule has 0 aliphatic carbocycles. The van der Waals surface area contributed by atoms with Gasteiger partial charge >= 0.3 is 5.97 Å². The predicted molar refractivity (Wildman–Crippen MR) is 76.5 cm³/mol. The highest BCUT2D eigenvalue weighted by atomic mass is 32.2. The van der Waals surface area contributed by atoms with Gasteiger partial charge in [0.1, 0.15) is 11.6 Å². The van der Waals surface area contributed by atoms with E-state index < -0.39 is 5.97 Å². The van der Waals surface area contributed by atoms with Crippen LogP contribution in [0.1, 0.15) is 27.3 Å². The van der Waals surface area contributed by atoms with Gasteiger partial charge in [0.05, 0.1) is 22.6 Å². The average molecular weight is 287 g/mol. The number of benzene rings is 1. The summed E-state index contributed by atoms with van der Waals surface area (Å²) >= 11 is 1.47. The van der Waals surface area contributed by atoms with Gasteiger partial charge in [-0.1, -0.05) is 6.07 Å². The molecule has 0 fully saturated rings. The summed E-state index contributed by atoms with van der Waals surface area (Å²) < 4.78 is 1.52. The van der Waals surface area contributed by atoms with Gasteiger partial charge in [-0.3, -0.25) is 0 Å². The molecule has 2 rings (SSSR count). The molecule has 0 atom stereocenters. The maximum atomic E-state index is 11.2. The van der Waals surface area contributed by atoms with Gasteiger partial charge in [0, 0.05) is 4.90 Å². The predicted octanol–water partition coefficient (Wildman–Crippen LogP) is 2.78. The van der Waals surface area contributed by atoms with Gasteiger partial charge in [0.15, 0.2) is 0 Å². The van der Waals surface area contributed by atoms with E-state index in [1.807, 2.05) is 18.4 Å². The number of aromatic carboxylic acids is 1. The van der Waals surface area contributed by atoms with Gasteiger partial charge in [-0.05, 0) is 32.2 Å². The standard InChI is InChI=1S/C14H13N3O2S/c1-8-13(14(18)19)9(2)17(16-8)11-5-4-6-12(20-3)10(11)7-15/h4-6H,1-3H3,(H,18,19). The van der Waals surface area contributed by atoms with Crippen molar-refractivity contribution >= 4 is 17.7 Å². The molecule has 1 aromatic heterocycles. The van der Waals surface area contributed by atoms with E-state index in [4.69, 9.17) is 0 Å². The molecule has 0 aliphatic heterocycles. The van der Waals surface area contributed by atoms with Crippen molar-refractivity contribution in [2.45, 2.75) is 18.7 Å². The Labute approximate surface area is 120 Å². The number of carbonyl (C=O) groups is 1. The number of nitrogens with zero attached hydrogens (tertiary/aromatic N) is 3. The molecule has 0 saturated heterocycles. The monoisotopic (exact) mass is 287 g/mol. The van der Waals surface area contributed by atoms with E-state index in [0.29, 0.717) is 22.6 Å². The molecule has 0 saturated carbocycles. The molecule has 20 heavy (non-hydrogen) atoms. The second-order valence-corrected chi connectivity index (χ2v) is 5.08. The number of thioether (sulfide) groups is 1. The second-order valence-electron chi connectivity index (χ2n) is 4.23. The van der Waals surface area contributed by atoms with E-state index in [1.165, 1.54) is 16.4 Å². The number of aryl methyl sites for hydroxylation is 1. The van der Waals surface area contributed by atoms with Crippen molar-refractivity contribution in [3.8, 4) is 11.8 Å². The van der Waals surface area contributed by atoms with Crippen LogP contribution in [0.5, 0.6) is 0 Å². The van der Waals surface area contributed by atoms with Crippen LogP contribution >= 0.6 is 11.8 Å². The fraction of sp³-hybridized carbons (Fsp3) is 0.214. The molecular formula is C14H13N3O2S. The Hall–Kier alpha value is -2.26. The summed E-state index contributed by atoms with van der Waals surface area (Å²) in [6.07, 6.45) is 1.89. The molecule has 0 aliphatic rings. The summed E-state index contributed by atoms with van der Waals surface area (Å²) in [5.74, 6) is -1.01. The van der Waals surface area contributed by atoms with Crippen LogP contribution in [0.4, 0.5) is 0 Å². The Kier molecular flexibility index (Phi) is 3.81. The minimum Gasteiger partial charge on any atom is -0.478 e. The van der Waals surface area contributed by atoms with E-state index in [9.17, 15) is 15.2 Å². The zero-order chi connectivity index (χ0) is 14.9. The summed E-state index contributed by atoms with van der Waals surface area (Å²) in [5, 5.41) is 22.8. The number of hydrogen-bond donors (Lipinski definition) is 1. The van der Waals surface area contributed by atoms with Crippen LogP contribution in [0, 0.1) is 25.2 Å². The first-order chi connectivity index (χ1) is 9.51. The van der Waals surface area contributed by atoms with Crippen LogP contribution in [-0.2, 0) is 0 Å². The van der Waals surface area contributed by atoms with Gasteiger partial charge in [0.25, 0.3) is 0 Å². The minimum absolute atomic E-state index is 0.184. The molecule has 0 unspecified atom stereocenters. The van der Waals surface area contributed by atoms with Crippen molar-refractivity contribution in [1.29, 1.82) is 5.26 Å². The summed E-state index contributed by atoms with van der Waals surface area (Å²) in [7, 11) is 0.